The van der Waals surface area contributed by atoms with Gasteiger partial charge < -0.3 is 5.73 Å². The predicted octanol–water partition coefficient (Wildman–Crippen LogP) is 0.834. The molecule has 1 aromatic rings. The first-order chi connectivity index (χ1) is 4.70. The van der Waals surface area contributed by atoms with Crippen molar-refractivity contribution in [2.75, 3.05) is 0 Å². The Bertz CT molecular complexity index is 262. The molecule has 0 unspecified atom stereocenters. The van der Waals surface area contributed by atoms with E-state index in [0.717, 1.165) is 0 Å². The fourth-order valence-electron chi connectivity index (χ4n) is 0.547. The third kappa shape index (κ3) is 1.45. The first-order valence-electron chi connectivity index (χ1n) is 2.60. The molecule has 0 aliphatic rings. The van der Waals surface area contributed by atoms with Gasteiger partial charge in [0.1, 0.15) is 0 Å². The molecule has 0 aromatic carbocycles. The smallest absolute Gasteiger partial charge is 0.250 e. The molecule has 0 radical (unpaired) electrons. The van der Waals surface area contributed by atoms with Crippen LogP contribution in [0.25, 0.3) is 0 Å². The summed E-state index contributed by atoms with van der Waals surface area (Å²) in [5.74, 6) is -0.519. The molecule has 2 N–H and O–H groups in total. The molecule has 0 atom stereocenters. The summed E-state index contributed by atoms with van der Waals surface area (Å²) in [4.78, 5) is 14.1. The molecule has 0 aliphatic heterocycles. The fourth-order valence-corrected chi connectivity index (χ4v) is 0.721. The lowest BCUT2D eigenvalue weighted by Crippen LogP contribution is -2.10. The fraction of sp³-hybridized carbons (Fsp3) is 0. The lowest BCUT2D eigenvalue weighted by molar-refractivity contribution is 0.1000. The number of hydrogen-bond donors (Lipinski definition) is 1. The van der Waals surface area contributed by atoms with Gasteiger partial charge in [0.15, 0.2) is 0 Å². The van der Waals surface area contributed by atoms with Gasteiger partial charge >= 0.3 is 0 Å². The Morgan fingerprint density at radius 1 is 1.60 bits per heavy atom. The number of primary amides is 1. The highest BCUT2D eigenvalue weighted by Gasteiger charge is 1.99. The Kier molecular flexibility index (Phi) is 1.87. The van der Waals surface area contributed by atoms with Crippen LogP contribution in [0.15, 0.2) is 18.5 Å². The first-order valence-corrected chi connectivity index (χ1v) is 2.98. The van der Waals surface area contributed by atoms with Gasteiger partial charge in [-0.3, -0.25) is 9.78 Å². The number of nitrogens with two attached hydrogens (primary N) is 1. The Labute approximate surface area is 62.8 Å². The van der Waals surface area contributed by atoms with Crippen molar-refractivity contribution in [1.82, 2.24) is 4.98 Å². The van der Waals surface area contributed by atoms with Crippen molar-refractivity contribution in [1.29, 1.82) is 0 Å². The molecule has 1 heterocycles. The van der Waals surface area contributed by atoms with Gasteiger partial charge in [-0.05, 0) is 6.07 Å². The van der Waals surface area contributed by atoms with Gasteiger partial charge in [0, 0.05) is 12.4 Å². The Morgan fingerprint density at radius 2 is 2.30 bits per heavy atom. The second kappa shape index (κ2) is 2.66. The lowest BCUT2D eigenvalue weighted by Gasteiger charge is -1.92. The van der Waals surface area contributed by atoms with Crippen molar-refractivity contribution in [2.45, 2.75) is 0 Å². The number of hydrogen-bond acceptors (Lipinski definition) is 2. The Morgan fingerprint density at radius 3 is 2.70 bits per heavy atom. The van der Waals surface area contributed by atoms with E-state index in [9.17, 15) is 4.79 Å². The summed E-state index contributed by atoms with van der Waals surface area (Å²) in [6, 6.07) is 1.47. The first kappa shape index (κ1) is 7.02. The highest BCUT2D eigenvalue weighted by Crippen LogP contribution is 2.06. The summed E-state index contributed by atoms with van der Waals surface area (Å²) in [6.07, 6.45) is 2.81. The number of carbonyl (C=O) groups is 1. The normalized spacial score (nSPS) is 9.30. The van der Waals surface area contributed by atoms with E-state index in [0.29, 0.717) is 10.6 Å². The van der Waals surface area contributed by atoms with Gasteiger partial charge in [0.25, 0.3) is 0 Å². The third-order valence-corrected chi connectivity index (χ3v) is 1.20. The van der Waals surface area contributed by atoms with E-state index in [1.807, 2.05) is 0 Å². The highest BCUT2D eigenvalue weighted by molar-refractivity contribution is 6.30. The van der Waals surface area contributed by atoms with Crippen LogP contribution in [0, 0.1) is 0 Å². The maximum absolute atomic E-state index is 10.5. The molecule has 0 fully saturated rings. The number of rotatable bonds is 1. The second-order valence-corrected chi connectivity index (χ2v) is 2.19. The molecule has 52 valence electrons. The molecule has 4 heteroatoms. The number of nitrogens with zero attached hydrogens (tertiary/aromatic N) is 1. The number of aromatic nitrogens is 1. The van der Waals surface area contributed by atoms with Crippen LogP contribution in [0.3, 0.4) is 0 Å². The molecule has 3 nitrogen and oxygen atoms in total. The van der Waals surface area contributed by atoms with Crippen molar-refractivity contribution in [3.63, 3.8) is 0 Å². The van der Waals surface area contributed by atoms with E-state index in [1.165, 1.54) is 18.5 Å². The largest absolute Gasteiger partial charge is 0.366 e. The monoisotopic (exact) mass is 156 g/mol. The van der Waals surface area contributed by atoms with Crippen LogP contribution >= 0.6 is 11.6 Å². The molecule has 1 amide bonds. The standard InChI is InChI=1S/C6H5ClN2O/c7-5-1-4(6(8)10)2-9-3-5/h1-3H,(H2,8,10). The van der Waals surface area contributed by atoms with Gasteiger partial charge in [0.05, 0.1) is 10.6 Å². The average Bonchev–Trinajstić information content (AvgIpc) is 1.88. The van der Waals surface area contributed by atoms with Crippen molar-refractivity contribution in [2.24, 2.45) is 5.73 Å². The molecule has 0 saturated heterocycles. The van der Waals surface area contributed by atoms with E-state index >= 15 is 0 Å². The van der Waals surface area contributed by atoms with Gasteiger partial charge in [-0.25, -0.2) is 0 Å². The van der Waals surface area contributed by atoms with Crippen LogP contribution in [-0.4, -0.2) is 10.9 Å². The lowest BCUT2D eigenvalue weighted by atomic mass is 10.3. The minimum Gasteiger partial charge on any atom is -0.366 e. The minimum atomic E-state index is -0.519. The third-order valence-electron chi connectivity index (χ3n) is 0.989. The van der Waals surface area contributed by atoms with Crippen LogP contribution in [0.5, 0.6) is 0 Å². The van der Waals surface area contributed by atoms with E-state index in [2.05, 4.69) is 4.98 Å². The van der Waals surface area contributed by atoms with Crippen LogP contribution in [0.1, 0.15) is 10.4 Å². The molecule has 10 heavy (non-hydrogen) atoms. The van der Waals surface area contributed by atoms with Gasteiger partial charge in [0.2, 0.25) is 5.91 Å². The molecular formula is C6H5ClN2O. The van der Waals surface area contributed by atoms with Gasteiger partial charge in [-0.2, -0.15) is 0 Å². The molecule has 0 spiro atoms. The summed E-state index contributed by atoms with van der Waals surface area (Å²) >= 11 is 5.52. The zero-order valence-corrected chi connectivity index (χ0v) is 5.80. The molecule has 0 saturated carbocycles. The van der Waals surface area contributed by atoms with E-state index in [-0.39, 0.29) is 0 Å². The number of amides is 1. The maximum atomic E-state index is 10.5. The second-order valence-electron chi connectivity index (χ2n) is 1.76. The quantitative estimate of drug-likeness (QED) is 0.655. The van der Waals surface area contributed by atoms with E-state index in [4.69, 9.17) is 17.3 Å². The zero-order valence-electron chi connectivity index (χ0n) is 5.04. The molecule has 1 aromatic heterocycles. The van der Waals surface area contributed by atoms with Crippen LogP contribution in [0.4, 0.5) is 0 Å². The molecule has 0 aliphatic carbocycles. The van der Waals surface area contributed by atoms with Gasteiger partial charge in [-0.15, -0.1) is 0 Å². The van der Waals surface area contributed by atoms with Crippen LogP contribution < -0.4 is 5.73 Å². The zero-order chi connectivity index (χ0) is 7.56. The summed E-state index contributed by atoms with van der Waals surface area (Å²) in [5.41, 5.74) is 5.27. The molecule has 1 rings (SSSR count). The number of pyridine rings is 1. The summed E-state index contributed by atoms with van der Waals surface area (Å²) < 4.78 is 0. The highest BCUT2D eigenvalue weighted by atomic mass is 35.5. The van der Waals surface area contributed by atoms with Crippen molar-refractivity contribution in [3.05, 3.63) is 29.0 Å². The Balaban J connectivity index is 3.07. The van der Waals surface area contributed by atoms with Crippen LogP contribution in [0.2, 0.25) is 5.02 Å². The van der Waals surface area contributed by atoms with Crippen LogP contribution in [-0.2, 0) is 0 Å². The van der Waals surface area contributed by atoms with Gasteiger partial charge in [-0.1, -0.05) is 11.6 Å². The predicted molar refractivity (Wildman–Crippen MR) is 37.8 cm³/mol. The summed E-state index contributed by atoms with van der Waals surface area (Å²) in [6.45, 7) is 0. The van der Waals surface area contributed by atoms with E-state index in [1.54, 1.807) is 0 Å². The molecular weight excluding hydrogens is 152 g/mol. The van der Waals surface area contributed by atoms with Crippen molar-refractivity contribution < 1.29 is 4.79 Å². The minimum absolute atomic E-state index is 0.326. The summed E-state index contributed by atoms with van der Waals surface area (Å²) in [7, 11) is 0. The average molecular weight is 157 g/mol. The SMILES string of the molecule is NC(=O)c1cncc(Cl)c1. The summed E-state index contributed by atoms with van der Waals surface area (Å²) in [5, 5.41) is 0.413. The number of halogens is 1. The van der Waals surface area contributed by atoms with E-state index < -0.39 is 5.91 Å². The molecule has 0 bridgehead atoms. The maximum Gasteiger partial charge on any atom is 0.250 e. The number of carbonyl (C=O) groups excluding carboxylic acids is 1. The topological polar surface area (TPSA) is 56.0 Å². The van der Waals surface area contributed by atoms with Crippen molar-refractivity contribution in [3.8, 4) is 0 Å². The Hall–Kier alpha value is -1.09. The van der Waals surface area contributed by atoms with Crippen molar-refractivity contribution >= 4 is 17.5 Å².